The average molecular weight is 491 g/mol. The van der Waals surface area contributed by atoms with Gasteiger partial charge in [-0.1, -0.05) is 6.07 Å². The van der Waals surface area contributed by atoms with E-state index < -0.39 is 0 Å². The highest BCUT2D eigenvalue weighted by Crippen LogP contribution is 2.46. The molecule has 0 spiro atoms. The van der Waals surface area contributed by atoms with E-state index >= 15 is 0 Å². The van der Waals surface area contributed by atoms with Crippen LogP contribution < -0.4 is 15.1 Å². The van der Waals surface area contributed by atoms with Gasteiger partial charge in [0, 0.05) is 23.4 Å². The number of morpholine rings is 2. The molecular weight excluding hydrogens is 456 g/mol. The number of ether oxygens (including phenoxy) is 3. The molecule has 36 heavy (non-hydrogen) atoms. The molecule has 1 unspecified atom stereocenters. The number of amides is 1. The van der Waals surface area contributed by atoms with E-state index in [0.717, 1.165) is 54.1 Å². The first-order valence-corrected chi connectivity index (χ1v) is 13.4. The summed E-state index contributed by atoms with van der Waals surface area (Å²) in [6.45, 7) is 6.06. The fourth-order valence-corrected chi connectivity index (χ4v) is 6.88. The number of carbonyl (C=O) groups is 1. The second-order valence-electron chi connectivity index (χ2n) is 11.1. The van der Waals surface area contributed by atoms with E-state index in [1.165, 1.54) is 0 Å². The molecule has 1 N–H and O–H groups in total. The molecule has 8 heteroatoms. The molecule has 4 aliphatic heterocycles. The molecule has 4 atom stereocenters. The van der Waals surface area contributed by atoms with E-state index in [2.05, 4.69) is 53.3 Å². The predicted octanol–water partition coefficient (Wildman–Crippen LogP) is 4.01. The second-order valence-corrected chi connectivity index (χ2v) is 11.1. The lowest BCUT2D eigenvalue weighted by molar-refractivity contribution is -0.124. The minimum atomic E-state index is 0.00681. The van der Waals surface area contributed by atoms with Gasteiger partial charge in [-0.05, 0) is 63.8 Å². The van der Waals surface area contributed by atoms with Crippen LogP contribution in [-0.4, -0.2) is 60.6 Å². The number of hydrogen-bond acceptors (Lipinski definition) is 7. The molecule has 4 fully saturated rings. The van der Waals surface area contributed by atoms with Crippen molar-refractivity contribution in [2.75, 3.05) is 28.3 Å². The van der Waals surface area contributed by atoms with Gasteiger partial charge < -0.3 is 29.3 Å². The van der Waals surface area contributed by atoms with Gasteiger partial charge in [0.15, 0.2) is 0 Å². The number of nitrogens with one attached hydrogen (secondary N) is 1. The number of fused-ring (bicyclic) bond motifs is 2. The van der Waals surface area contributed by atoms with Crippen LogP contribution in [0.2, 0.25) is 0 Å². The summed E-state index contributed by atoms with van der Waals surface area (Å²) >= 11 is 0. The first-order valence-electron chi connectivity index (χ1n) is 13.4. The Morgan fingerprint density at radius 1 is 1.08 bits per heavy atom. The van der Waals surface area contributed by atoms with Crippen molar-refractivity contribution in [1.29, 1.82) is 0 Å². The van der Waals surface area contributed by atoms with E-state index in [1.807, 2.05) is 11.0 Å². The number of aromatic nitrogens is 1. The number of rotatable bonds is 4. The first kappa shape index (κ1) is 22.5. The fraction of sp³-hybridized carbons (Fsp3) is 0.571. The van der Waals surface area contributed by atoms with E-state index in [-0.39, 0.29) is 48.3 Å². The van der Waals surface area contributed by atoms with Gasteiger partial charge in [-0.25, -0.2) is 4.98 Å². The van der Waals surface area contributed by atoms with Crippen LogP contribution in [-0.2, 0) is 25.5 Å². The van der Waals surface area contributed by atoms with Crippen molar-refractivity contribution >= 4 is 28.8 Å². The Morgan fingerprint density at radius 3 is 2.56 bits per heavy atom. The minimum absolute atomic E-state index is 0.00681. The van der Waals surface area contributed by atoms with Gasteiger partial charge in [0.25, 0.3) is 0 Å². The molecule has 1 aromatic heterocycles. The quantitative estimate of drug-likeness (QED) is 0.694. The Hall–Kier alpha value is -2.68. The van der Waals surface area contributed by atoms with Gasteiger partial charge in [0.1, 0.15) is 18.0 Å². The van der Waals surface area contributed by atoms with Crippen LogP contribution in [0.5, 0.6) is 0 Å². The van der Waals surface area contributed by atoms with Crippen molar-refractivity contribution in [3.8, 4) is 0 Å². The number of pyridine rings is 1. The standard InChI is InChI=1S/C28H34N4O4/c1-16(2)36-20-8-5-17(6-9-20)28(33)31-13-18-4-3-11-29-27(18)30-21-10-7-19(12-22(21)31)32-23-14-34-26-24(32)15-35-25(23)26/h3-4,7,10-12,16-17,20,23-26H,5-6,8-9,13-15H2,1-2H3,(H,29,30)/t17?,20?,23-,24?,25-,26-/m1/s1. The lowest BCUT2D eigenvalue weighted by Crippen LogP contribution is -2.50. The molecule has 5 aliphatic rings. The summed E-state index contributed by atoms with van der Waals surface area (Å²) in [6, 6.07) is 10.9. The zero-order valence-corrected chi connectivity index (χ0v) is 20.9. The van der Waals surface area contributed by atoms with Crippen LogP contribution in [0, 0.1) is 5.92 Å². The number of nitrogens with zero attached hydrogens (tertiary/aromatic N) is 3. The van der Waals surface area contributed by atoms with Crippen LogP contribution in [0.4, 0.5) is 22.9 Å². The van der Waals surface area contributed by atoms with Crippen LogP contribution in [0.15, 0.2) is 36.5 Å². The highest BCUT2D eigenvalue weighted by Gasteiger charge is 2.60. The Morgan fingerprint density at radius 2 is 1.83 bits per heavy atom. The van der Waals surface area contributed by atoms with Crippen LogP contribution in [0.3, 0.4) is 0 Å². The minimum Gasteiger partial charge on any atom is -0.376 e. The van der Waals surface area contributed by atoms with E-state index in [0.29, 0.717) is 19.8 Å². The highest BCUT2D eigenvalue weighted by atomic mass is 16.6. The number of hydrogen-bond donors (Lipinski definition) is 1. The summed E-state index contributed by atoms with van der Waals surface area (Å²) < 4.78 is 18.0. The average Bonchev–Trinajstić information content (AvgIpc) is 3.53. The summed E-state index contributed by atoms with van der Waals surface area (Å²) in [7, 11) is 0. The van der Waals surface area contributed by atoms with Crippen molar-refractivity contribution in [2.45, 2.75) is 82.6 Å². The topological polar surface area (TPSA) is 76.2 Å². The summed E-state index contributed by atoms with van der Waals surface area (Å²) in [5.41, 5.74) is 4.01. The third kappa shape index (κ3) is 3.61. The van der Waals surface area contributed by atoms with Gasteiger partial charge in [-0.2, -0.15) is 0 Å². The normalized spacial score (nSPS) is 32.3. The van der Waals surface area contributed by atoms with E-state index in [9.17, 15) is 4.79 Å². The molecule has 7 rings (SSSR count). The largest absolute Gasteiger partial charge is 0.376 e. The molecule has 1 aliphatic carbocycles. The molecule has 2 aromatic rings. The van der Waals surface area contributed by atoms with Crippen molar-refractivity contribution in [3.05, 3.63) is 42.1 Å². The Labute approximate surface area is 211 Å². The molecule has 1 amide bonds. The predicted molar refractivity (Wildman–Crippen MR) is 137 cm³/mol. The van der Waals surface area contributed by atoms with Crippen molar-refractivity contribution in [3.63, 3.8) is 0 Å². The number of anilines is 4. The summed E-state index contributed by atoms with van der Waals surface area (Å²) in [4.78, 5) is 23.1. The molecule has 1 aromatic carbocycles. The Bertz CT molecular complexity index is 1150. The molecule has 1 saturated carbocycles. The highest BCUT2D eigenvalue weighted by molar-refractivity contribution is 6.00. The van der Waals surface area contributed by atoms with Gasteiger partial charge in [0.05, 0.1) is 55.4 Å². The third-order valence-corrected chi connectivity index (χ3v) is 8.51. The fourth-order valence-electron chi connectivity index (χ4n) is 6.88. The Kier molecular flexibility index (Phi) is 5.45. The van der Waals surface area contributed by atoms with Crippen molar-refractivity contribution in [1.82, 2.24) is 4.98 Å². The smallest absolute Gasteiger partial charge is 0.230 e. The van der Waals surface area contributed by atoms with Gasteiger partial charge in [0.2, 0.25) is 5.91 Å². The van der Waals surface area contributed by atoms with Crippen LogP contribution in [0.25, 0.3) is 0 Å². The van der Waals surface area contributed by atoms with Crippen molar-refractivity contribution in [2.24, 2.45) is 5.92 Å². The molecule has 190 valence electrons. The number of carbonyl (C=O) groups excluding carboxylic acids is 1. The molecule has 0 radical (unpaired) electrons. The maximum Gasteiger partial charge on any atom is 0.230 e. The summed E-state index contributed by atoms with van der Waals surface area (Å²) in [5, 5.41) is 3.51. The van der Waals surface area contributed by atoms with Gasteiger partial charge in [-0.15, -0.1) is 0 Å². The van der Waals surface area contributed by atoms with Gasteiger partial charge >= 0.3 is 0 Å². The number of benzene rings is 1. The summed E-state index contributed by atoms with van der Waals surface area (Å²) in [6.07, 6.45) is 6.19. The lowest BCUT2D eigenvalue weighted by Gasteiger charge is -2.38. The molecule has 8 nitrogen and oxygen atoms in total. The molecule has 5 heterocycles. The Balaban J connectivity index is 1.21. The molecular formula is C28H34N4O4. The summed E-state index contributed by atoms with van der Waals surface area (Å²) in [5.74, 6) is 1.02. The van der Waals surface area contributed by atoms with E-state index in [4.69, 9.17) is 14.2 Å². The van der Waals surface area contributed by atoms with Crippen LogP contribution >= 0.6 is 0 Å². The van der Waals surface area contributed by atoms with Crippen molar-refractivity contribution < 1.29 is 19.0 Å². The van der Waals surface area contributed by atoms with Gasteiger partial charge in [-0.3, -0.25) is 4.79 Å². The second kappa shape index (κ2) is 8.71. The third-order valence-electron chi connectivity index (χ3n) is 8.51. The zero-order chi connectivity index (χ0) is 24.4. The van der Waals surface area contributed by atoms with E-state index in [1.54, 1.807) is 6.20 Å². The first-order chi connectivity index (χ1) is 17.6. The lowest BCUT2D eigenvalue weighted by atomic mass is 9.86. The van der Waals surface area contributed by atoms with Crippen LogP contribution in [0.1, 0.15) is 45.1 Å². The molecule has 3 saturated heterocycles. The zero-order valence-electron chi connectivity index (χ0n) is 20.9. The monoisotopic (exact) mass is 490 g/mol. The SMILES string of the molecule is CC(C)OC1CCC(C(=O)N2Cc3cccnc3Nc3ccc(N4C5CO[C@H]6[C@@H]5OC[C@H]64)cc32)CC1. The maximum absolute atomic E-state index is 14.1. The maximum atomic E-state index is 14.1. The molecule has 4 bridgehead atoms.